The second kappa shape index (κ2) is 17.6. The van der Waals surface area contributed by atoms with Gasteiger partial charge in [0.05, 0.1) is 19.8 Å². The molecule has 30 heavy (non-hydrogen) atoms. The fourth-order valence-corrected chi connectivity index (χ4v) is 2.96. The fourth-order valence-electron chi connectivity index (χ4n) is 2.19. The van der Waals surface area contributed by atoms with Gasteiger partial charge < -0.3 is 24.6 Å². The van der Waals surface area contributed by atoms with Crippen molar-refractivity contribution in [2.75, 3.05) is 19.8 Å². The SMILES string of the molecule is CCCCCCC(=O)O[CH-][C@H](COP(=O)(O)OC[C@@H](O)CO)OC(=O)CCCCC. The normalized spacial score (nSPS) is 15.2. The van der Waals surface area contributed by atoms with Crippen molar-refractivity contribution in [3.63, 3.8) is 0 Å². The molecule has 0 aromatic heterocycles. The third-order valence-corrected chi connectivity index (χ3v) is 4.85. The van der Waals surface area contributed by atoms with Gasteiger partial charge in [-0.1, -0.05) is 46.0 Å². The van der Waals surface area contributed by atoms with Crippen LogP contribution in [0, 0.1) is 6.61 Å². The Balaban J connectivity index is 4.60. The van der Waals surface area contributed by atoms with Gasteiger partial charge in [0.15, 0.2) is 0 Å². The number of phosphoric ester groups is 1. The number of carbonyl (C=O) groups is 2. The number of carbonyl (C=O) groups excluding carboxylic acids is 2. The minimum absolute atomic E-state index is 0.152. The number of aliphatic hydroxyl groups is 2. The standard InChI is InChI=1S/C19H36O10P/c1-3-5-7-9-10-18(22)26-14-17(29-19(23)11-8-6-4-2)15-28-30(24,25)27-13-16(21)12-20/h14,16-17,20-21H,3-13,15H2,1-2H3,(H,24,25)/q-1/t16-,17+/m0/s1. The van der Waals surface area contributed by atoms with Gasteiger partial charge in [-0.15, -0.1) is 6.61 Å². The molecule has 0 aliphatic rings. The molecule has 11 heteroatoms. The number of ether oxygens (including phenoxy) is 2. The second-order valence-electron chi connectivity index (χ2n) is 6.82. The molecule has 1 unspecified atom stereocenters. The number of hydrogen-bond acceptors (Lipinski definition) is 9. The lowest BCUT2D eigenvalue weighted by molar-refractivity contribution is -0.156. The highest BCUT2D eigenvalue weighted by molar-refractivity contribution is 7.47. The topological polar surface area (TPSA) is 149 Å². The fraction of sp³-hybridized carbons (Fsp3) is 0.842. The summed E-state index contributed by atoms with van der Waals surface area (Å²) in [6, 6.07) is 0. The smallest absolute Gasteiger partial charge is 0.472 e. The van der Waals surface area contributed by atoms with Gasteiger partial charge in [0.2, 0.25) is 0 Å². The van der Waals surface area contributed by atoms with Gasteiger partial charge in [-0.05, 0) is 12.8 Å². The van der Waals surface area contributed by atoms with Gasteiger partial charge in [0.25, 0.3) is 5.97 Å². The third kappa shape index (κ3) is 16.7. The van der Waals surface area contributed by atoms with Crippen LogP contribution in [0.5, 0.6) is 0 Å². The van der Waals surface area contributed by atoms with Gasteiger partial charge >= 0.3 is 13.8 Å². The average molecular weight is 455 g/mol. The van der Waals surface area contributed by atoms with Crippen LogP contribution in [0.25, 0.3) is 0 Å². The molecule has 0 aliphatic heterocycles. The quantitative estimate of drug-likeness (QED) is 0.115. The maximum Gasteiger partial charge on any atom is 0.472 e. The van der Waals surface area contributed by atoms with Crippen molar-refractivity contribution in [3.8, 4) is 0 Å². The monoisotopic (exact) mass is 455 g/mol. The molecule has 178 valence electrons. The molecule has 0 amide bonds. The van der Waals surface area contributed by atoms with Gasteiger partial charge in [0, 0.05) is 18.9 Å². The molecule has 0 bridgehead atoms. The molecule has 0 rings (SSSR count). The molecular weight excluding hydrogens is 419 g/mol. The Morgan fingerprint density at radius 2 is 1.50 bits per heavy atom. The number of rotatable bonds is 19. The van der Waals surface area contributed by atoms with E-state index in [9.17, 15) is 24.2 Å². The van der Waals surface area contributed by atoms with Crippen molar-refractivity contribution in [3.05, 3.63) is 6.61 Å². The Kier molecular flexibility index (Phi) is 17.0. The van der Waals surface area contributed by atoms with Crippen LogP contribution in [0.2, 0.25) is 0 Å². The molecule has 0 aromatic rings. The first-order chi connectivity index (χ1) is 14.2. The molecule has 0 saturated heterocycles. The zero-order valence-electron chi connectivity index (χ0n) is 17.9. The van der Waals surface area contributed by atoms with E-state index in [0.29, 0.717) is 12.8 Å². The highest BCUT2D eigenvalue weighted by atomic mass is 31.2. The lowest BCUT2D eigenvalue weighted by atomic mass is 10.2. The molecule has 3 N–H and O–H groups in total. The molecule has 0 spiro atoms. The van der Waals surface area contributed by atoms with Crippen molar-refractivity contribution in [2.24, 2.45) is 0 Å². The summed E-state index contributed by atoms with van der Waals surface area (Å²) in [5.74, 6) is -1.07. The number of phosphoric acid groups is 1. The maximum absolute atomic E-state index is 11.9. The van der Waals surface area contributed by atoms with E-state index in [1.54, 1.807) is 0 Å². The molecule has 0 fully saturated rings. The van der Waals surface area contributed by atoms with E-state index in [0.717, 1.165) is 38.7 Å². The molecule has 0 radical (unpaired) electrons. The first-order valence-electron chi connectivity index (χ1n) is 10.4. The van der Waals surface area contributed by atoms with Crippen LogP contribution < -0.4 is 0 Å². The summed E-state index contributed by atoms with van der Waals surface area (Å²) in [7, 11) is -4.58. The summed E-state index contributed by atoms with van der Waals surface area (Å²) in [5.41, 5.74) is 0. The van der Waals surface area contributed by atoms with E-state index < -0.39 is 51.8 Å². The summed E-state index contributed by atoms with van der Waals surface area (Å²) in [4.78, 5) is 33.4. The molecule has 0 saturated carbocycles. The Bertz CT molecular complexity index is 514. The highest BCUT2D eigenvalue weighted by Gasteiger charge is 2.24. The van der Waals surface area contributed by atoms with Crippen molar-refractivity contribution in [2.45, 2.75) is 83.8 Å². The Morgan fingerprint density at radius 1 is 0.933 bits per heavy atom. The van der Waals surface area contributed by atoms with Gasteiger partial charge in [-0.2, -0.15) is 0 Å². The summed E-state index contributed by atoms with van der Waals surface area (Å²) in [6.45, 7) is 3.14. The summed E-state index contributed by atoms with van der Waals surface area (Å²) >= 11 is 0. The molecule has 10 nitrogen and oxygen atoms in total. The maximum atomic E-state index is 11.9. The van der Waals surface area contributed by atoms with Crippen LogP contribution in [-0.4, -0.2) is 59.1 Å². The summed E-state index contributed by atoms with van der Waals surface area (Å²) in [5, 5.41) is 17.9. The van der Waals surface area contributed by atoms with E-state index in [1.807, 2.05) is 6.92 Å². The number of hydrogen-bond donors (Lipinski definition) is 3. The third-order valence-electron chi connectivity index (χ3n) is 3.90. The number of aliphatic hydroxyl groups excluding tert-OH is 2. The van der Waals surface area contributed by atoms with Crippen LogP contribution in [0.1, 0.15) is 71.6 Å². The predicted molar refractivity (Wildman–Crippen MR) is 108 cm³/mol. The largest absolute Gasteiger partial charge is 0.633 e. The molecule has 0 aromatic carbocycles. The first-order valence-corrected chi connectivity index (χ1v) is 11.9. The first kappa shape index (κ1) is 29.0. The van der Waals surface area contributed by atoms with E-state index in [4.69, 9.17) is 19.1 Å². The predicted octanol–water partition coefficient (Wildman–Crippen LogP) is 2.64. The zero-order chi connectivity index (χ0) is 22.8. The van der Waals surface area contributed by atoms with Crippen LogP contribution in [-0.2, 0) is 32.7 Å². The minimum Gasteiger partial charge on any atom is -0.633 e. The number of unbranched alkanes of at least 4 members (excludes halogenated alkanes) is 5. The van der Waals surface area contributed by atoms with Crippen molar-refractivity contribution in [1.82, 2.24) is 0 Å². The Labute approximate surface area is 178 Å². The molecule has 3 atom stereocenters. The zero-order valence-corrected chi connectivity index (χ0v) is 18.8. The van der Waals surface area contributed by atoms with E-state index >= 15 is 0 Å². The van der Waals surface area contributed by atoms with Crippen molar-refractivity contribution >= 4 is 19.8 Å². The van der Waals surface area contributed by atoms with Crippen molar-refractivity contribution in [1.29, 1.82) is 0 Å². The average Bonchev–Trinajstić information content (AvgIpc) is 2.71. The van der Waals surface area contributed by atoms with Crippen LogP contribution in [0.15, 0.2) is 0 Å². The van der Waals surface area contributed by atoms with E-state index in [1.165, 1.54) is 0 Å². The Morgan fingerprint density at radius 3 is 2.13 bits per heavy atom. The van der Waals surface area contributed by atoms with E-state index in [-0.39, 0.29) is 12.8 Å². The van der Waals surface area contributed by atoms with Crippen LogP contribution in [0.4, 0.5) is 0 Å². The van der Waals surface area contributed by atoms with Gasteiger partial charge in [-0.25, -0.2) is 4.57 Å². The van der Waals surface area contributed by atoms with Crippen LogP contribution >= 0.6 is 7.82 Å². The summed E-state index contributed by atoms with van der Waals surface area (Å²) < 4.78 is 31.3. The van der Waals surface area contributed by atoms with Crippen LogP contribution in [0.3, 0.4) is 0 Å². The van der Waals surface area contributed by atoms with Crippen molar-refractivity contribution < 1.29 is 47.8 Å². The molecule has 0 aliphatic carbocycles. The minimum atomic E-state index is -4.58. The summed E-state index contributed by atoms with van der Waals surface area (Å²) in [6.07, 6.45) is 3.82. The number of esters is 2. The second-order valence-corrected chi connectivity index (χ2v) is 8.27. The van der Waals surface area contributed by atoms with Gasteiger partial charge in [0.1, 0.15) is 6.10 Å². The van der Waals surface area contributed by atoms with E-state index in [2.05, 4.69) is 11.4 Å². The lowest BCUT2D eigenvalue weighted by Gasteiger charge is -2.27. The molecule has 0 heterocycles. The Hall–Kier alpha value is -1.03. The lowest BCUT2D eigenvalue weighted by Crippen LogP contribution is -2.26. The molecular formula is C19H36O10P-. The highest BCUT2D eigenvalue weighted by Crippen LogP contribution is 2.43. The van der Waals surface area contributed by atoms with Gasteiger partial charge in [-0.3, -0.25) is 18.6 Å².